The summed E-state index contributed by atoms with van der Waals surface area (Å²) in [6.07, 6.45) is 0.150. The molecule has 1 saturated heterocycles. The number of epoxide rings is 1. The predicted molar refractivity (Wildman–Crippen MR) is 37.5 cm³/mol. The molecule has 0 aliphatic carbocycles. The highest BCUT2D eigenvalue weighted by atomic mass is 35.5. The summed E-state index contributed by atoms with van der Waals surface area (Å²) in [4.78, 5) is 0. The van der Waals surface area contributed by atoms with E-state index in [2.05, 4.69) is 4.74 Å². The number of aliphatic hydroxyl groups is 1. The second-order valence-electron chi connectivity index (χ2n) is 2.29. The van der Waals surface area contributed by atoms with Crippen molar-refractivity contribution in [1.82, 2.24) is 0 Å². The van der Waals surface area contributed by atoms with E-state index in [-0.39, 0.29) is 11.7 Å². The minimum Gasteiger partial charge on any atom is -0.394 e. The normalized spacial score (nSPS) is 31.3. The van der Waals surface area contributed by atoms with Crippen LogP contribution in [0.5, 0.6) is 0 Å². The molecule has 0 bridgehead atoms. The summed E-state index contributed by atoms with van der Waals surface area (Å²) in [7, 11) is 0. The molecule has 0 spiro atoms. The molecule has 1 heterocycles. The van der Waals surface area contributed by atoms with Crippen LogP contribution in [-0.4, -0.2) is 22.9 Å². The van der Waals surface area contributed by atoms with Gasteiger partial charge in [0.25, 0.3) is 0 Å². The van der Waals surface area contributed by atoms with Crippen molar-refractivity contribution in [2.45, 2.75) is 38.5 Å². The summed E-state index contributed by atoms with van der Waals surface area (Å²) in [5.74, 6) is 0. The summed E-state index contributed by atoms with van der Waals surface area (Å²) in [5, 5.41) is 8.06. The fraction of sp³-hybridized carbons (Fsp3) is 1.00. The fourth-order valence-electron chi connectivity index (χ4n) is 0.160. The van der Waals surface area contributed by atoms with E-state index in [4.69, 9.17) is 16.7 Å². The number of alkyl halides is 1. The molecular formula is C6H13ClO2. The van der Waals surface area contributed by atoms with Crippen LogP contribution in [0.1, 0.15) is 20.8 Å². The molecule has 2 unspecified atom stereocenters. The molecule has 0 aromatic heterocycles. The molecular weight excluding hydrogens is 140 g/mol. The van der Waals surface area contributed by atoms with Crippen LogP contribution in [0.2, 0.25) is 0 Å². The zero-order valence-electron chi connectivity index (χ0n) is 5.97. The molecule has 2 nitrogen and oxygen atoms in total. The maximum absolute atomic E-state index is 8.06. The van der Waals surface area contributed by atoms with Gasteiger partial charge in [-0.3, -0.25) is 0 Å². The Kier molecular flexibility index (Phi) is 4.19. The van der Waals surface area contributed by atoms with Gasteiger partial charge in [-0.2, -0.15) is 0 Å². The van der Waals surface area contributed by atoms with Gasteiger partial charge in [-0.15, -0.1) is 0 Å². The molecule has 56 valence electrons. The first-order chi connectivity index (χ1) is 4.04. The van der Waals surface area contributed by atoms with Crippen molar-refractivity contribution in [3.05, 3.63) is 0 Å². The average Bonchev–Trinajstić information content (AvgIpc) is 2.16. The van der Waals surface area contributed by atoms with Crippen LogP contribution >= 0.6 is 11.6 Å². The van der Waals surface area contributed by atoms with Gasteiger partial charge in [0.15, 0.2) is 5.56 Å². The van der Waals surface area contributed by atoms with E-state index in [0.717, 1.165) is 0 Å². The Morgan fingerprint density at radius 3 is 1.67 bits per heavy atom. The van der Waals surface area contributed by atoms with Crippen molar-refractivity contribution >= 4 is 11.6 Å². The zero-order chi connectivity index (χ0) is 7.44. The van der Waals surface area contributed by atoms with Crippen LogP contribution in [0.15, 0.2) is 0 Å². The summed E-state index contributed by atoms with van der Waals surface area (Å²) >= 11 is 5.31. The minimum atomic E-state index is -0.167. The van der Waals surface area contributed by atoms with Gasteiger partial charge in [-0.25, -0.2) is 0 Å². The van der Waals surface area contributed by atoms with Crippen LogP contribution in [0.3, 0.4) is 0 Å². The van der Waals surface area contributed by atoms with Crippen LogP contribution in [-0.2, 0) is 4.74 Å². The maximum atomic E-state index is 8.06. The smallest absolute Gasteiger partial charge is 0.157 e. The SMILES string of the molecule is CC(C)O.CC1OC1Cl. The maximum Gasteiger partial charge on any atom is 0.157 e. The predicted octanol–water partition coefficient (Wildman–Crippen LogP) is 1.36. The molecule has 0 radical (unpaired) electrons. The highest BCUT2D eigenvalue weighted by Crippen LogP contribution is 2.23. The van der Waals surface area contributed by atoms with Crippen molar-refractivity contribution in [2.24, 2.45) is 0 Å². The molecule has 1 rings (SSSR count). The van der Waals surface area contributed by atoms with E-state index in [1.165, 1.54) is 0 Å². The molecule has 0 aromatic rings. The second kappa shape index (κ2) is 4.09. The van der Waals surface area contributed by atoms with E-state index in [1.807, 2.05) is 6.92 Å². The monoisotopic (exact) mass is 152 g/mol. The topological polar surface area (TPSA) is 32.8 Å². The summed E-state index contributed by atoms with van der Waals surface area (Å²) in [6.45, 7) is 5.39. The largest absolute Gasteiger partial charge is 0.394 e. The first-order valence-electron chi connectivity index (χ1n) is 3.01. The molecule has 0 saturated carbocycles. The van der Waals surface area contributed by atoms with Crippen molar-refractivity contribution in [1.29, 1.82) is 0 Å². The molecule has 9 heavy (non-hydrogen) atoms. The minimum absolute atomic E-state index is 0.0231. The lowest BCUT2D eigenvalue weighted by atomic mass is 10.5. The first kappa shape index (κ1) is 9.21. The van der Waals surface area contributed by atoms with Crippen molar-refractivity contribution in [3.63, 3.8) is 0 Å². The van der Waals surface area contributed by atoms with Gasteiger partial charge < -0.3 is 9.84 Å². The lowest BCUT2D eigenvalue weighted by Gasteiger charge is -1.80. The van der Waals surface area contributed by atoms with E-state index >= 15 is 0 Å². The van der Waals surface area contributed by atoms with Crippen LogP contribution in [0.25, 0.3) is 0 Å². The number of ether oxygens (including phenoxy) is 1. The van der Waals surface area contributed by atoms with Gasteiger partial charge in [-0.1, -0.05) is 11.6 Å². The molecule has 0 amide bonds. The number of hydrogen-bond donors (Lipinski definition) is 1. The average molecular weight is 153 g/mol. The highest BCUT2D eigenvalue weighted by Gasteiger charge is 2.30. The van der Waals surface area contributed by atoms with Gasteiger partial charge >= 0.3 is 0 Å². The molecule has 3 heteroatoms. The third-order valence-electron chi connectivity index (χ3n) is 0.637. The molecule has 1 aliphatic rings. The third-order valence-corrected chi connectivity index (χ3v) is 1.09. The summed E-state index contributed by atoms with van der Waals surface area (Å²) in [6, 6.07) is 0. The van der Waals surface area contributed by atoms with Crippen molar-refractivity contribution < 1.29 is 9.84 Å². The van der Waals surface area contributed by atoms with Gasteiger partial charge in [0, 0.05) is 6.10 Å². The first-order valence-corrected chi connectivity index (χ1v) is 3.45. The van der Waals surface area contributed by atoms with E-state index in [0.29, 0.717) is 6.10 Å². The molecule has 2 atom stereocenters. The quantitative estimate of drug-likeness (QED) is 0.420. The van der Waals surface area contributed by atoms with Crippen molar-refractivity contribution in [2.75, 3.05) is 0 Å². The Balaban J connectivity index is 0.000000148. The van der Waals surface area contributed by atoms with Gasteiger partial charge in [0.1, 0.15) is 0 Å². The Morgan fingerprint density at radius 2 is 1.67 bits per heavy atom. The fourth-order valence-corrected chi connectivity index (χ4v) is 0.322. The molecule has 1 N–H and O–H groups in total. The Morgan fingerprint density at radius 1 is 1.56 bits per heavy atom. The summed E-state index contributed by atoms with van der Waals surface area (Å²) in [5.41, 5.74) is 0.0231. The zero-order valence-corrected chi connectivity index (χ0v) is 6.72. The van der Waals surface area contributed by atoms with Gasteiger partial charge in [0.05, 0.1) is 6.10 Å². The molecule has 0 aromatic carbocycles. The van der Waals surface area contributed by atoms with E-state index < -0.39 is 0 Å². The highest BCUT2D eigenvalue weighted by molar-refractivity contribution is 6.21. The lowest BCUT2D eigenvalue weighted by molar-refractivity contribution is 0.216. The number of rotatable bonds is 0. The van der Waals surface area contributed by atoms with Gasteiger partial charge in [-0.05, 0) is 20.8 Å². The lowest BCUT2D eigenvalue weighted by Crippen LogP contribution is -1.85. The van der Waals surface area contributed by atoms with Crippen molar-refractivity contribution in [3.8, 4) is 0 Å². The number of hydrogen-bond acceptors (Lipinski definition) is 2. The van der Waals surface area contributed by atoms with E-state index in [9.17, 15) is 0 Å². The van der Waals surface area contributed by atoms with Crippen LogP contribution in [0, 0.1) is 0 Å². The number of aliphatic hydroxyl groups excluding tert-OH is 1. The van der Waals surface area contributed by atoms with E-state index in [1.54, 1.807) is 13.8 Å². The van der Waals surface area contributed by atoms with Crippen LogP contribution in [0.4, 0.5) is 0 Å². The Bertz CT molecular complexity index is 66.7. The molecule has 1 fully saturated rings. The van der Waals surface area contributed by atoms with Crippen LogP contribution < -0.4 is 0 Å². The third kappa shape index (κ3) is 8.21. The Labute approximate surface area is 60.8 Å². The van der Waals surface area contributed by atoms with Gasteiger partial charge in [0.2, 0.25) is 0 Å². The Hall–Kier alpha value is 0.210. The summed E-state index contributed by atoms with van der Waals surface area (Å²) < 4.78 is 4.68. The molecule has 1 aliphatic heterocycles. The standard InChI is InChI=1S/C3H5ClO.C3H8O/c1-2-3(4)5-2;1-3(2)4/h2-3H,1H3;3-4H,1-2H3. The second-order valence-corrected chi connectivity index (χ2v) is 2.72. The number of halogens is 1.